The van der Waals surface area contributed by atoms with Crippen molar-refractivity contribution in [3.8, 4) is 11.4 Å². The van der Waals surface area contributed by atoms with Gasteiger partial charge in [-0.2, -0.15) is 18.2 Å². The van der Waals surface area contributed by atoms with Crippen LogP contribution in [-0.4, -0.2) is 16.2 Å². The summed E-state index contributed by atoms with van der Waals surface area (Å²) < 4.78 is 46.7. The number of ether oxygens (including phenoxy) is 1. The maximum absolute atomic E-state index is 12.5. The SMILES string of the molecule is O=C(Nc1ccc(Cl)cc1)OCc1ccc(-c2noc(C(F)(F)F)n2)cc1. The number of nitrogens with one attached hydrogen (secondary N) is 1. The number of hydrogen-bond donors (Lipinski definition) is 1. The summed E-state index contributed by atoms with van der Waals surface area (Å²) in [4.78, 5) is 15.1. The number of carbonyl (C=O) groups excluding carboxylic acids is 1. The fraction of sp³-hybridized carbons (Fsp3) is 0.118. The van der Waals surface area contributed by atoms with Gasteiger partial charge < -0.3 is 9.26 Å². The maximum Gasteiger partial charge on any atom is 0.471 e. The second kappa shape index (κ2) is 7.67. The summed E-state index contributed by atoms with van der Waals surface area (Å²) in [5.74, 6) is -1.60. The van der Waals surface area contributed by atoms with Gasteiger partial charge in [-0.25, -0.2) is 4.79 Å². The molecule has 0 fully saturated rings. The minimum absolute atomic E-state index is 0.0280. The molecule has 6 nitrogen and oxygen atoms in total. The van der Waals surface area contributed by atoms with Gasteiger partial charge in [0.15, 0.2) is 0 Å². The summed E-state index contributed by atoms with van der Waals surface area (Å²) in [5.41, 5.74) is 1.49. The Bertz CT molecular complexity index is 925. The highest BCUT2D eigenvalue weighted by molar-refractivity contribution is 6.30. The molecule has 0 radical (unpaired) electrons. The van der Waals surface area contributed by atoms with E-state index in [1.807, 2.05) is 0 Å². The molecule has 0 atom stereocenters. The predicted octanol–water partition coefficient (Wildman–Crippen LogP) is 5.16. The average Bonchev–Trinajstić information content (AvgIpc) is 3.13. The quantitative estimate of drug-likeness (QED) is 0.658. The minimum Gasteiger partial charge on any atom is -0.444 e. The van der Waals surface area contributed by atoms with Crippen LogP contribution < -0.4 is 5.32 Å². The van der Waals surface area contributed by atoms with Crippen molar-refractivity contribution in [3.63, 3.8) is 0 Å². The van der Waals surface area contributed by atoms with Gasteiger partial charge >= 0.3 is 18.2 Å². The van der Waals surface area contributed by atoms with Crippen molar-refractivity contribution in [1.82, 2.24) is 10.1 Å². The van der Waals surface area contributed by atoms with Crippen molar-refractivity contribution in [2.75, 3.05) is 5.32 Å². The van der Waals surface area contributed by atoms with Crippen molar-refractivity contribution in [3.05, 3.63) is 65.0 Å². The molecular weight excluding hydrogens is 387 g/mol. The molecule has 0 aliphatic rings. The highest BCUT2D eigenvalue weighted by Gasteiger charge is 2.38. The molecule has 0 saturated carbocycles. The van der Waals surface area contributed by atoms with Crippen LogP contribution in [0.15, 0.2) is 53.1 Å². The van der Waals surface area contributed by atoms with Crippen LogP contribution in [0, 0.1) is 0 Å². The lowest BCUT2D eigenvalue weighted by atomic mass is 10.1. The van der Waals surface area contributed by atoms with E-state index in [2.05, 4.69) is 20.0 Å². The smallest absolute Gasteiger partial charge is 0.444 e. The number of carbonyl (C=O) groups is 1. The molecule has 1 amide bonds. The number of amides is 1. The molecule has 0 aliphatic carbocycles. The first-order chi connectivity index (χ1) is 12.8. The van der Waals surface area contributed by atoms with Gasteiger partial charge in [0.05, 0.1) is 0 Å². The molecule has 27 heavy (non-hydrogen) atoms. The zero-order valence-corrected chi connectivity index (χ0v) is 14.2. The van der Waals surface area contributed by atoms with Gasteiger partial charge in [-0.15, -0.1) is 0 Å². The lowest BCUT2D eigenvalue weighted by Crippen LogP contribution is -2.13. The number of hydrogen-bond acceptors (Lipinski definition) is 5. The van der Waals surface area contributed by atoms with E-state index in [-0.39, 0.29) is 12.4 Å². The van der Waals surface area contributed by atoms with Gasteiger partial charge in [0, 0.05) is 16.3 Å². The summed E-state index contributed by atoms with van der Waals surface area (Å²) in [7, 11) is 0. The first-order valence-electron chi connectivity index (χ1n) is 7.51. The van der Waals surface area contributed by atoms with Gasteiger partial charge in [0.25, 0.3) is 0 Å². The molecule has 0 spiro atoms. The molecule has 0 aliphatic heterocycles. The molecule has 10 heteroatoms. The normalized spacial score (nSPS) is 11.3. The van der Waals surface area contributed by atoms with Crippen LogP contribution in [0.5, 0.6) is 0 Å². The van der Waals surface area contributed by atoms with Gasteiger partial charge in [0.1, 0.15) is 6.61 Å². The molecular formula is C17H11ClF3N3O3. The van der Waals surface area contributed by atoms with Crippen LogP contribution in [-0.2, 0) is 17.5 Å². The maximum atomic E-state index is 12.5. The topological polar surface area (TPSA) is 77.2 Å². The van der Waals surface area contributed by atoms with Crippen LogP contribution in [0.25, 0.3) is 11.4 Å². The summed E-state index contributed by atoms with van der Waals surface area (Å²) in [6.45, 7) is -0.0280. The molecule has 1 heterocycles. The van der Waals surface area contributed by atoms with Crippen LogP contribution >= 0.6 is 11.6 Å². The first-order valence-corrected chi connectivity index (χ1v) is 7.88. The van der Waals surface area contributed by atoms with Gasteiger partial charge in [-0.1, -0.05) is 41.0 Å². The number of benzene rings is 2. The standard InChI is InChI=1S/C17H11ClF3N3O3/c18-12-5-7-13(8-6-12)22-16(25)26-9-10-1-3-11(4-2-10)14-23-15(27-24-14)17(19,20)21/h1-8H,9H2,(H,22,25). The molecule has 0 unspecified atom stereocenters. The molecule has 0 saturated heterocycles. The third-order valence-corrected chi connectivity index (χ3v) is 3.59. The number of rotatable bonds is 4. The minimum atomic E-state index is -4.70. The second-order valence-electron chi connectivity index (χ2n) is 5.33. The fourth-order valence-corrected chi connectivity index (χ4v) is 2.17. The van der Waals surface area contributed by atoms with Crippen LogP contribution in [0.2, 0.25) is 5.02 Å². The molecule has 1 N–H and O–H groups in total. The Morgan fingerprint density at radius 3 is 2.37 bits per heavy atom. The van der Waals surface area contributed by atoms with Gasteiger partial charge in [-0.3, -0.25) is 5.32 Å². The Morgan fingerprint density at radius 2 is 1.78 bits per heavy atom. The fourth-order valence-electron chi connectivity index (χ4n) is 2.04. The van der Waals surface area contributed by atoms with E-state index in [0.29, 0.717) is 21.8 Å². The van der Waals surface area contributed by atoms with E-state index in [0.717, 1.165) is 0 Å². The lowest BCUT2D eigenvalue weighted by Gasteiger charge is -2.07. The Morgan fingerprint density at radius 1 is 1.11 bits per heavy atom. The Kier molecular flexibility index (Phi) is 5.31. The molecule has 0 bridgehead atoms. The van der Waals surface area contributed by atoms with E-state index in [1.165, 1.54) is 12.1 Å². The number of aromatic nitrogens is 2. The summed E-state index contributed by atoms with van der Waals surface area (Å²) >= 11 is 5.76. The van der Waals surface area contributed by atoms with Crippen LogP contribution in [0.4, 0.5) is 23.7 Å². The number of alkyl halides is 3. The molecule has 1 aromatic heterocycles. The van der Waals surface area contributed by atoms with Crippen molar-refractivity contribution < 1.29 is 27.2 Å². The Balaban J connectivity index is 1.56. The Hall–Kier alpha value is -3.07. The van der Waals surface area contributed by atoms with Crippen molar-refractivity contribution in [2.24, 2.45) is 0 Å². The lowest BCUT2D eigenvalue weighted by molar-refractivity contribution is -0.159. The monoisotopic (exact) mass is 397 g/mol. The largest absolute Gasteiger partial charge is 0.471 e. The van der Waals surface area contributed by atoms with E-state index in [1.54, 1.807) is 36.4 Å². The zero-order chi connectivity index (χ0) is 19.4. The highest BCUT2D eigenvalue weighted by atomic mass is 35.5. The van der Waals surface area contributed by atoms with Crippen molar-refractivity contribution in [2.45, 2.75) is 12.8 Å². The first kappa shape index (κ1) is 18.7. The second-order valence-corrected chi connectivity index (χ2v) is 5.76. The van der Waals surface area contributed by atoms with E-state index in [9.17, 15) is 18.0 Å². The molecule has 2 aromatic carbocycles. The van der Waals surface area contributed by atoms with E-state index < -0.39 is 18.2 Å². The van der Waals surface area contributed by atoms with E-state index >= 15 is 0 Å². The number of nitrogens with zero attached hydrogens (tertiary/aromatic N) is 2. The van der Waals surface area contributed by atoms with Gasteiger partial charge in [-0.05, 0) is 29.8 Å². The van der Waals surface area contributed by atoms with Crippen molar-refractivity contribution in [1.29, 1.82) is 0 Å². The summed E-state index contributed by atoms with van der Waals surface area (Å²) in [6.07, 6.45) is -5.36. The van der Waals surface area contributed by atoms with Crippen molar-refractivity contribution >= 4 is 23.4 Å². The Labute approximate surface area is 155 Å². The third-order valence-electron chi connectivity index (χ3n) is 3.34. The van der Waals surface area contributed by atoms with Crippen LogP contribution in [0.3, 0.4) is 0 Å². The summed E-state index contributed by atoms with van der Waals surface area (Å²) in [6, 6.07) is 12.7. The zero-order valence-electron chi connectivity index (χ0n) is 13.5. The molecule has 3 aromatic rings. The molecule has 140 valence electrons. The third kappa shape index (κ3) is 4.98. The highest BCUT2D eigenvalue weighted by Crippen LogP contribution is 2.29. The average molecular weight is 398 g/mol. The van der Waals surface area contributed by atoms with Crippen LogP contribution in [0.1, 0.15) is 11.5 Å². The van der Waals surface area contributed by atoms with E-state index in [4.69, 9.17) is 16.3 Å². The predicted molar refractivity (Wildman–Crippen MR) is 90.0 cm³/mol. The molecule has 3 rings (SSSR count). The van der Waals surface area contributed by atoms with Gasteiger partial charge in [0.2, 0.25) is 5.82 Å². The number of anilines is 1. The number of halogens is 4. The summed E-state index contributed by atoms with van der Waals surface area (Å²) in [5, 5.41) is 6.37.